The molecule has 0 N–H and O–H groups in total. The molecule has 0 saturated heterocycles. The summed E-state index contributed by atoms with van der Waals surface area (Å²) >= 11 is 5.09. The molecule has 0 aliphatic rings. The zero-order valence-corrected chi connectivity index (χ0v) is 7.96. The number of aryl methyl sites for hydroxylation is 2. The largest absolute Gasteiger partial charge is 0.0846 e. The molecule has 0 bridgehead atoms. The Labute approximate surface area is 73.2 Å². The zero-order chi connectivity index (χ0) is 8.43. The Morgan fingerprint density at radius 3 is 2.36 bits per heavy atom. The summed E-state index contributed by atoms with van der Waals surface area (Å²) in [6.07, 6.45) is 0. The molecule has 0 fully saturated rings. The van der Waals surface area contributed by atoms with Crippen molar-refractivity contribution >= 4 is 17.1 Å². The molecule has 1 aromatic rings. The van der Waals surface area contributed by atoms with Gasteiger partial charge < -0.3 is 0 Å². The highest BCUT2D eigenvalue weighted by molar-refractivity contribution is 7.80. The first kappa shape index (κ1) is 8.41. The van der Waals surface area contributed by atoms with Crippen molar-refractivity contribution in [3.05, 3.63) is 34.9 Å². The van der Waals surface area contributed by atoms with Crippen LogP contribution in [0.3, 0.4) is 0 Å². The Hall–Kier alpha value is -0.690. The molecule has 0 aromatic heterocycles. The van der Waals surface area contributed by atoms with Crippen molar-refractivity contribution in [2.45, 2.75) is 20.8 Å². The van der Waals surface area contributed by atoms with E-state index >= 15 is 0 Å². The molecule has 0 heterocycles. The fourth-order valence-corrected chi connectivity index (χ4v) is 1.44. The first-order valence-electron chi connectivity index (χ1n) is 3.69. The minimum Gasteiger partial charge on any atom is -0.0846 e. The molecule has 0 aliphatic carbocycles. The summed E-state index contributed by atoms with van der Waals surface area (Å²) in [5.41, 5.74) is 3.77. The topological polar surface area (TPSA) is 0 Å². The Bertz CT molecular complexity index is 287. The summed E-state index contributed by atoms with van der Waals surface area (Å²) in [6, 6.07) is 6.34. The van der Waals surface area contributed by atoms with Crippen LogP contribution in [0.2, 0.25) is 0 Å². The lowest BCUT2D eigenvalue weighted by molar-refractivity contribution is 1.37. The lowest BCUT2D eigenvalue weighted by atomic mass is 10.0. The van der Waals surface area contributed by atoms with Gasteiger partial charge in [-0.15, -0.1) is 0 Å². The first-order valence-corrected chi connectivity index (χ1v) is 4.10. The second kappa shape index (κ2) is 3.14. The molecule has 0 saturated carbocycles. The van der Waals surface area contributed by atoms with Gasteiger partial charge >= 0.3 is 0 Å². The van der Waals surface area contributed by atoms with Gasteiger partial charge in [0.2, 0.25) is 0 Å². The van der Waals surface area contributed by atoms with E-state index in [9.17, 15) is 0 Å². The van der Waals surface area contributed by atoms with E-state index in [4.69, 9.17) is 12.2 Å². The minimum absolute atomic E-state index is 0.975. The summed E-state index contributed by atoms with van der Waals surface area (Å²) in [5.74, 6) is 0. The van der Waals surface area contributed by atoms with Gasteiger partial charge in [0.1, 0.15) is 0 Å². The lowest BCUT2D eigenvalue weighted by Gasteiger charge is -2.03. The predicted molar refractivity (Wildman–Crippen MR) is 53.3 cm³/mol. The molecule has 0 atom stereocenters. The van der Waals surface area contributed by atoms with E-state index in [2.05, 4.69) is 32.0 Å². The fraction of sp³-hybridized carbons (Fsp3) is 0.300. The predicted octanol–water partition coefficient (Wildman–Crippen LogP) is 3.04. The van der Waals surface area contributed by atoms with Crippen molar-refractivity contribution in [3.63, 3.8) is 0 Å². The summed E-state index contributed by atoms with van der Waals surface area (Å²) < 4.78 is 0. The Balaban J connectivity index is 3.20. The maximum absolute atomic E-state index is 5.09. The van der Waals surface area contributed by atoms with Crippen LogP contribution in [0.15, 0.2) is 18.2 Å². The molecular formula is C10H12S. The SMILES string of the molecule is CC(=S)c1ccc(C)cc1C. The van der Waals surface area contributed by atoms with E-state index in [1.807, 2.05) is 6.92 Å². The molecule has 1 rings (SSSR count). The highest BCUT2D eigenvalue weighted by atomic mass is 32.1. The average molecular weight is 164 g/mol. The number of hydrogen-bond donors (Lipinski definition) is 0. The van der Waals surface area contributed by atoms with Gasteiger partial charge in [0, 0.05) is 4.86 Å². The summed E-state index contributed by atoms with van der Waals surface area (Å²) in [5, 5.41) is 0. The quantitative estimate of drug-likeness (QED) is 0.454. The van der Waals surface area contributed by atoms with Crippen LogP contribution >= 0.6 is 12.2 Å². The maximum Gasteiger partial charge on any atom is 0.0196 e. The molecular weight excluding hydrogens is 152 g/mol. The van der Waals surface area contributed by atoms with Crippen molar-refractivity contribution in [2.24, 2.45) is 0 Å². The highest BCUT2D eigenvalue weighted by Crippen LogP contribution is 2.11. The summed E-state index contributed by atoms with van der Waals surface area (Å²) in [4.78, 5) is 0.975. The molecule has 0 spiro atoms. The highest BCUT2D eigenvalue weighted by Gasteiger charge is 1.98. The third kappa shape index (κ3) is 1.87. The Morgan fingerprint density at radius 2 is 1.91 bits per heavy atom. The molecule has 1 heteroatoms. The van der Waals surface area contributed by atoms with E-state index in [0.717, 1.165) is 4.86 Å². The van der Waals surface area contributed by atoms with Crippen molar-refractivity contribution in [2.75, 3.05) is 0 Å². The van der Waals surface area contributed by atoms with Crippen LogP contribution in [-0.4, -0.2) is 4.86 Å². The van der Waals surface area contributed by atoms with Crippen LogP contribution < -0.4 is 0 Å². The van der Waals surface area contributed by atoms with Crippen LogP contribution in [0.4, 0.5) is 0 Å². The third-order valence-corrected chi connectivity index (χ3v) is 1.98. The zero-order valence-electron chi connectivity index (χ0n) is 7.14. The van der Waals surface area contributed by atoms with E-state index in [-0.39, 0.29) is 0 Å². The second-order valence-corrected chi connectivity index (χ2v) is 3.49. The number of thiocarbonyl (C=S) groups is 1. The van der Waals surface area contributed by atoms with Gasteiger partial charge in [0.05, 0.1) is 0 Å². The molecule has 0 radical (unpaired) electrons. The molecule has 0 aliphatic heterocycles. The minimum atomic E-state index is 0.975. The Kier molecular flexibility index (Phi) is 2.40. The van der Waals surface area contributed by atoms with Gasteiger partial charge in [0.15, 0.2) is 0 Å². The average Bonchev–Trinajstić information content (AvgIpc) is 1.85. The van der Waals surface area contributed by atoms with E-state index in [1.54, 1.807) is 0 Å². The second-order valence-electron chi connectivity index (χ2n) is 2.87. The van der Waals surface area contributed by atoms with E-state index < -0.39 is 0 Å². The van der Waals surface area contributed by atoms with Gasteiger partial charge in [-0.3, -0.25) is 0 Å². The molecule has 0 nitrogen and oxygen atoms in total. The molecule has 1 aromatic carbocycles. The van der Waals surface area contributed by atoms with Crippen molar-refractivity contribution in [3.8, 4) is 0 Å². The molecule has 11 heavy (non-hydrogen) atoms. The van der Waals surface area contributed by atoms with Gasteiger partial charge in [-0.2, -0.15) is 0 Å². The Morgan fingerprint density at radius 1 is 1.27 bits per heavy atom. The number of rotatable bonds is 1. The standard InChI is InChI=1S/C10H12S/c1-7-4-5-10(9(3)11)8(2)6-7/h4-6H,1-3H3. The van der Waals surface area contributed by atoms with E-state index in [1.165, 1.54) is 16.7 Å². The smallest absolute Gasteiger partial charge is 0.0196 e. The summed E-state index contributed by atoms with van der Waals surface area (Å²) in [6.45, 7) is 6.15. The van der Waals surface area contributed by atoms with Gasteiger partial charge in [-0.1, -0.05) is 36.0 Å². The van der Waals surface area contributed by atoms with Crippen LogP contribution in [-0.2, 0) is 0 Å². The van der Waals surface area contributed by atoms with E-state index in [0.29, 0.717) is 0 Å². The fourth-order valence-electron chi connectivity index (χ4n) is 1.21. The summed E-state index contributed by atoms with van der Waals surface area (Å²) in [7, 11) is 0. The number of benzene rings is 1. The lowest BCUT2D eigenvalue weighted by Crippen LogP contribution is -1.94. The molecule has 0 unspecified atom stereocenters. The van der Waals surface area contributed by atoms with Crippen LogP contribution in [0.5, 0.6) is 0 Å². The number of hydrogen-bond acceptors (Lipinski definition) is 1. The maximum atomic E-state index is 5.09. The van der Waals surface area contributed by atoms with Crippen molar-refractivity contribution in [1.29, 1.82) is 0 Å². The molecule has 58 valence electrons. The first-order chi connectivity index (χ1) is 5.11. The van der Waals surface area contributed by atoms with Crippen LogP contribution in [0.1, 0.15) is 23.6 Å². The third-order valence-electron chi connectivity index (χ3n) is 1.76. The van der Waals surface area contributed by atoms with Gasteiger partial charge in [-0.25, -0.2) is 0 Å². The monoisotopic (exact) mass is 164 g/mol. The van der Waals surface area contributed by atoms with Gasteiger partial charge in [-0.05, 0) is 31.9 Å². The molecule has 0 amide bonds. The van der Waals surface area contributed by atoms with Crippen LogP contribution in [0, 0.1) is 13.8 Å². The van der Waals surface area contributed by atoms with Crippen molar-refractivity contribution < 1.29 is 0 Å². The van der Waals surface area contributed by atoms with Crippen molar-refractivity contribution in [1.82, 2.24) is 0 Å². The van der Waals surface area contributed by atoms with Gasteiger partial charge in [0.25, 0.3) is 0 Å². The normalized spacial score (nSPS) is 9.73. The van der Waals surface area contributed by atoms with Crippen LogP contribution in [0.25, 0.3) is 0 Å².